The maximum Gasteiger partial charge on any atom is 0.320 e. The predicted octanol–water partition coefficient (Wildman–Crippen LogP) is 2.49. The maximum absolute atomic E-state index is 12.7. The lowest BCUT2D eigenvalue weighted by atomic mass is 10.0. The number of hydrogen-bond donors (Lipinski definition) is 4. The molecule has 180 valence electrons. The smallest absolute Gasteiger partial charge is 0.320 e. The number of carbonyl (C=O) groups is 2. The normalized spacial score (nSPS) is 14.9. The molecule has 0 bridgehead atoms. The highest BCUT2D eigenvalue weighted by atomic mass is 31.2. The Hall–Kier alpha value is -2.51. The number of aliphatic carboxylic acids is 1. The number of aryl methyl sites for hydroxylation is 1. The van der Waals surface area contributed by atoms with Gasteiger partial charge in [0, 0.05) is 12.8 Å². The van der Waals surface area contributed by atoms with E-state index in [1.165, 1.54) is 0 Å². The summed E-state index contributed by atoms with van der Waals surface area (Å²) in [6, 6.07) is 17.8. The molecule has 33 heavy (non-hydrogen) atoms. The quantitative estimate of drug-likeness (QED) is 0.244. The van der Waals surface area contributed by atoms with Gasteiger partial charge in [-0.2, -0.15) is 0 Å². The van der Waals surface area contributed by atoms with Gasteiger partial charge in [-0.15, -0.1) is 0 Å². The fraction of sp³-hybridized carbons (Fsp3) is 0.417. The number of amides is 1. The minimum absolute atomic E-state index is 0.110. The van der Waals surface area contributed by atoms with Gasteiger partial charge in [0.25, 0.3) is 0 Å². The molecule has 4 N–H and O–H groups in total. The van der Waals surface area contributed by atoms with E-state index >= 15 is 0 Å². The lowest BCUT2D eigenvalue weighted by Gasteiger charge is -2.33. The molecule has 0 saturated carbocycles. The summed E-state index contributed by atoms with van der Waals surface area (Å²) in [6.07, 6.45) is -0.104. The average molecular weight is 475 g/mol. The van der Waals surface area contributed by atoms with Crippen LogP contribution >= 0.6 is 7.52 Å². The van der Waals surface area contributed by atoms with Gasteiger partial charge in [0.15, 0.2) is 0 Å². The fourth-order valence-corrected chi connectivity index (χ4v) is 4.53. The highest BCUT2D eigenvalue weighted by Gasteiger charge is 2.25. The third kappa shape index (κ3) is 10.8. The molecule has 1 amide bonds. The van der Waals surface area contributed by atoms with E-state index in [1.807, 2.05) is 74.5 Å². The Morgan fingerprint density at radius 1 is 1.00 bits per heavy atom. The molecule has 0 fully saturated rings. The molecule has 0 radical (unpaired) electrons. The molecule has 0 aliphatic carbocycles. The van der Waals surface area contributed by atoms with E-state index in [9.17, 15) is 24.2 Å². The molecule has 0 aliphatic heterocycles. The monoisotopic (exact) mass is 474 g/mol. The summed E-state index contributed by atoms with van der Waals surface area (Å²) in [7, 11) is -4.24. The van der Waals surface area contributed by atoms with Crippen LogP contribution in [0.15, 0.2) is 60.7 Å². The second kappa shape index (κ2) is 13.3. The predicted molar refractivity (Wildman–Crippen MR) is 126 cm³/mol. The first kappa shape index (κ1) is 26.7. The van der Waals surface area contributed by atoms with Gasteiger partial charge in [0.1, 0.15) is 6.04 Å². The van der Waals surface area contributed by atoms with Gasteiger partial charge in [-0.25, -0.2) is 0 Å². The maximum atomic E-state index is 12.7. The molecule has 2 rings (SSSR count). The van der Waals surface area contributed by atoms with Crippen LogP contribution in [0.2, 0.25) is 0 Å². The van der Waals surface area contributed by atoms with E-state index in [-0.39, 0.29) is 24.7 Å². The molecule has 0 saturated heterocycles. The number of nitrogens with one attached hydrogen (secondary N) is 3. The zero-order valence-corrected chi connectivity index (χ0v) is 20.0. The van der Waals surface area contributed by atoms with E-state index in [0.29, 0.717) is 12.8 Å². The van der Waals surface area contributed by atoms with Crippen molar-refractivity contribution >= 4 is 19.4 Å². The van der Waals surface area contributed by atoms with Crippen molar-refractivity contribution in [1.29, 1.82) is 0 Å². The molecule has 9 heteroatoms. The third-order valence-corrected chi connectivity index (χ3v) is 6.29. The van der Waals surface area contributed by atoms with Crippen LogP contribution in [-0.4, -0.2) is 35.5 Å². The Bertz CT molecular complexity index is 924. The number of rotatable bonds is 14. The summed E-state index contributed by atoms with van der Waals surface area (Å²) in [5, 5.41) is 17.5. The summed E-state index contributed by atoms with van der Waals surface area (Å²) in [6.45, 7) is 3.81. The Morgan fingerprint density at radius 2 is 1.58 bits per heavy atom. The first-order valence-electron chi connectivity index (χ1n) is 11.1. The Kier molecular flexibility index (Phi) is 10.7. The molecular weight excluding hydrogens is 441 g/mol. The Morgan fingerprint density at radius 3 is 2.12 bits per heavy atom. The number of carboxylic acids is 1. The van der Waals surface area contributed by atoms with E-state index in [0.717, 1.165) is 11.1 Å². The number of carboxylic acid groups (broad SMARTS) is 1. The van der Waals surface area contributed by atoms with E-state index in [4.69, 9.17) is 0 Å². The molecule has 0 aromatic heterocycles. The van der Waals surface area contributed by atoms with Crippen molar-refractivity contribution in [3.05, 3.63) is 71.8 Å². The summed E-state index contributed by atoms with van der Waals surface area (Å²) >= 11 is 0. The van der Waals surface area contributed by atoms with Crippen LogP contribution < -0.4 is 20.6 Å². The highest BCUT2D eigenvalue weighted by molar-refractivity contribution is 7.54. The summed E-state index contributed by atoms with van der Waals surface area (Å²) in [5.74, 6) is -1.30. The van der Waals surface area contributed by atoms with Crippen molar-refractivity contribution < 1.29 is 24.2 Å². The lowest BCUT2D eigenvalue weighted by Crippen LogP contribution is -2.52. The van der Waals surface area contributed by atoms with Crippen LogP contribution in [0.4, 0.5) is 0 Å². The third-order valence-electron chi connectivity index (χ3n) is 5.01. The van der Waals surface area contributed by atoms with E-state index < -0.39 is 32.0 Å². The second-order valence-corrected chi connectivity index (χ2v) is 10.4. The van der Waals surface area contributed by atoms with E-state index in [1.54, 1.807) is 0 Å². The van der Waals surface area contributed by atoms with Gasteiger partial charge in [-0.05, 0) is 29.9 Å². The van der Waals surface area contributed by atoms with Gasteiger partial charge in [0.2, 0.25) is 5.91 Å². The van der Waals surface area contributed by atoms with Crippen molar-refractivity contribution in [2.75, 3.05) is 6.29 Å². The molecule has 2 aromatic carbocycles. The van der Waals surface area contributed by atoms with Crippen molar-refractivity contribution in [3.63, 3.8) is 0 Å². The van der Waals surface area contributed by atoms with Gasteiger partial charge in [0.05, 0.1) is 20.0 Å². The second-order valence-electron chi connectivity index (χ2n) is 8.48. The van der Waals surface area contributed by atoms with Gasteiger partial charge >= 0.3 is 5.97 Å². The fourth-order valence-electron chi connectivity index (χ4n) is 3.41. The number of benzene rings is 2. The van der Waals surface area contributed by atoms with Crippen molar-refractivity contribution in [2.45, 2.75) is 51.7 Å². The van der Waals surface area contributed by atoms with Crippen LogP contribution in [-0.2, 0) is 27.0 Å². The first-order valence-corrected chi connectivity index (χ1v) is 12.9. The van der Waals surface area contributed by atoms with Crippen LogP contribution in [0.1, 0.15) is 37.8 Å². The number of carbonyl (C=O) groups excluding carboxylic acids is 1. The molecule has 8 nitrogen and oxygen atoms in total. The SMILES string of the molecule is CC(C)CC(NC(Cc1ccccc1)NP(=O)([O-])CNC(=O)CCc1ccccc1)C(=O)O. The van der Waals surface area contributed by atoms with Crippen LogP contribution in [0, 0.1) is 5.92 Å². The molecule has 0 aliphatic rings. The summed E-state index contributed by atoms with van der Waals surface area (Å²) < 4.78 is 12.7. The molecule has 0 heterocycles. The molecule has 0 spiro atoms. The summed E-state index contributed by atoms with van der Waals surface area (Å²) in [4.78, 5) is 36.5. The van der Waals surface area contributed by atoms with Gasteiger partial charge in [-0.1, -0.05) is 74.5 Å². The topological polar surface area (TPSA) is 131 Å². The van der Waals surface area contributed by atoms with Gasteiger partial charge < -0.3 is 19.9 Å². The lowest BCUT2D eigenvalue weighted by molar-refractivity contribution is -0.180. The molecule has 3 atom stereocenters. The standard InChI is InChI=1S/C24H34N3O5P/c1-18(2)15-21(24(29)30)26-22(16-20-11-7-4-8-12-20)27-33(31,32)17-25-23(28)14-13-19-9-5-3-6-10-19/h3-12,18,21-22,26H,13-17H2,1-2H3,(H,25,28)(H,29,30)(H2,27,31,32)/p-1. The Labute approximate surface area is 195 Å². The zero-order chi connectivity index (χ0) is 24.3. The van der Waals surface area contributed by atoms with E-state index in [2.05, 4.69) is 15.7 Å². The van der Waals surface area contributed by atoms with Crippen molar-refractivity contribution in [3.8, 4) is 0 Å². The minimum Gasteiger partial charge on any atom is -0.787 e. The van der Waals surface area contributed by atoms with Crippen LogP contribution in [0.5, 0.6) is 0 Å². The molecule has 3 unspecified atom stereocenters. The number of hydrogen-bond acceptors (Lipinski definition) is 5. The van der Waals surface area contributed by atoms with Crippen LogP contribution in [0.3, 0.4) is 0 Å². The average Bonchev–Trinajstić information content (AvgIpc) is 2.76. The van der Waals surface area contributed by atoms with Crippen molar-refractivity contribution in [1.82, 2.24) is 15.7 Å². The van der Waals surface area contributed by atoms with Crippen LogP contribution in [0.25, 0.3) is 0 Å². The van der Waals surface area contributed by atoms with Crippen molar-refractivity contribution in [2.24, 2.45) is 5.92 Å². The zero-order valence-electron chi connectivity index (χ0n) is 19.1. The Balaban J connectivity index is 1.98. The first-order chi connectivity index (χ1) is 15.6. The largest absolute Gasteiger partial charge is 0.787 e. The summed E-state index contributed by atoms with van der Waals surface area (Å²) in [5.41, 5.74) is 1.84. The van der Waals surface area contributed by atoms with Gasteiger partial charge in [-0.3, -0.25) is 20.0 Å². The molecular formula is C24H33N3O5P-. The molecule has 2 aromatic rings. The highest BCUT2D eigenvalue weighted by Crippen LogP contribution is 2.29. The minimum atomic E-state index is -4.24.